The van der Waals surface area contributed by atoms with Crippen LogP contribution in [0.25, 0.3) is 10.8 Å². The summed E-state index contributed by atoms with van der Waals surface area (Å²) < 4.78 is 7.42. The molecule has 4 aliphatic heterocycles. The molecule has 3 amide bonds. The van der Waals surface area contributed by atoms with Crippen molar-refractivity contribution < 1.29 is 19.1 Å². The van der Waals surface area contributed by atoms with Crippen LogP contribution in [-0.4, -0.2) is 63.0 Å². The number of nitrogens with one attached hydrogen (secondary N) is 3. The van der Waals surface area contributed by atoms with Gasteiger partial charge in [0.2, 0.25) is 5.91 Å². The molecule has 2 spiro atoms. The average Bonchev–Trinajstić information content (AvgIpc) is 3.85. The van der Waals surface area contributed by atoms with Gasteiger partial charge in [0.15, 0.2) is 0 Å². The topological polar surface area (TPSA) is 109 Å². The highest BCUT2D eigenvalue weighted by atomic mass is 32.2. The molecule has 1 aromatic carbocycles. The minimum atomic E-state index is -0.375. The van der Waals surface area contributed by atoms with Gasteiger partial charge in [-0.3, -0.25) is 14.6 Å². The summed E-state index contributed by atoms with van der Waals surface area (Å²) in [7, 11) is 0. The van der Waals surface area contributed by atoms with Crippen molar-refractivity contribution in [1.29, 1.82) is 0 Å². The maximum absolute atomic E-state index is 13.1. The lowest BCUT2D eigenvalue weighted by molar-refractivity contribution is -0.132. The Morgan fingerprint density at radius 3 is 2.90 bits per heavy atom. The van der Waals surface area contributed by atoms with Crippen LogP contribution < -0.4 is 16.0 Å². The summed E-state index contributed by atoms with van der Waals surface area (Å²) in [6.07, 6.45) is 23.0. The van der Waals surface area contributed by atoms with Crippen LogP contribution in [0.4, 0.5) is 4.79 Å². The number of unbranched alkanes of at least 4 members (excludes halogenated alkanes) is 1. The van der Waals surface area contributed by atoms with Crippen LogP contribution in [0.1, 0.15) is 95.5 Å². The number of carbonyl (C=O) groups is 3. The molecule has 9 atom stereocenters. The van der Waals surface area contributed by atoms with E-state index >= 15 is 0 Å². The second kappa shape index (κ2) is 12.4. The molecule has 5 heterocycles. The maximum atomic E-state index is 13.1. The number of urea groups is 1. The first-order valence-corrected chi connectivity index (χ1v) is 19.9. The van der Waals surface area contributed by atoms with E-state index in [-0.39, 0.29) is 65.3 Å². The summed E-state index contributed by atoms with van der Waals surface area (Å²) in [4.78, 5) is 41.8. The number of aromatic nitrogens is 1. The molecule has 2 bridgehead atoms. The number of pyridine rings is 1. The van der Waals surface area contributed by atoms with E-state index < -0.39 is 0 Å². The van der Waals surface area contributed by atoms with Gasteiger partial charge in [-0.1, -0.05) is 49.8 Å². The monoisotopic (exact) mass is 692 g/mol. The Labute approximate surface area is 298 Å². The first kappa shape index (κ1) is 32.5. The lowest BCUT2D eigenvalue weighted by atomic mass is 9.58. The van der Waals surface area contributed by atoms with Crippen LogP contribution in [0.3, 0.4) is 0 Å². The summed E-state index contributed by atoms with van der Waals surface area (Å²) in [5.74, 6) is 1.96. The van der Waals surface area contributed by atoms with E-state index in [1.165, 1.54) is 27.5 Å². The fourth-order valence-electron chi connectivity index (χ4n) is 11.0. The summed E-state index contributed by atoms with van der Waals surface area (Å²) in [5.41, 5.74) is 3.51. The van der Waals surface area contributed by atoms with Crippen molar-refractivity contribution in [3.63, 3.8) is 0 Å². The SMILES string of the molecule is C[C@]12CC=C3C=C4C=C[C@@H](NC(=O)CCC(=O)CCCC[C@@H]5SC[C@@H]6NC(=O)N[C@@H]65)C[C@]45CC[C@]3(O5)[C@@H]1CC[C@@H]2c1ccc2ccncc2c1. The number of hydrogen-bond donors (Lipinski definition) is 3. The Morgan fingerprint density at radius 1 is 1.06 bits per heavy atom. The number of thioether (sulfide) groups is 1. The Hall–Kier alpha value is -3.43. The Bertz CT molecular complexity index is 1840. The predicted molar refractivity (Wildman–Crippen MR) is 196 cm³/mol. The number of carbonyl (C=O) groups excluding carboxylic acids is 3. The van der Waals surface area contributed by atoms with E-state index in [1.807, 2.05) is 24.2 Å². The molecule has 0 radical (unpaired) electrons. The molecule has 7 aliphatic rings. The van der Waals surface area contributed by atoms with Gasteiger partial charge in [-0.05, 0) is 96.4 Å². The number of Topliss-reactive ketones (excluding diaryl/α,β-unsaturated/α-hetero) is 1. The Morgan fingerprint density at radius 2 is 1.98 bits per heavy atom. The number of ketones is 1. The quantitative estimate of drug-likeness (QED) is 0.187. The predicted octanol–water partition coefficient (Wildman–Crippen LogP) is 6.81. The molecule has 3 saturated heterocycles. The van der Waals surface area contributed by atoms with Gasteiger partial charge >= 0.3 is 6.03 Å². The Kier molecular flexibility index (Phi) is 8.03. The van der Waals surface area contributed by atoms with Crippen LogP contribution >= 0.6 is 11.8 Å². The molecule has 9 rings (SSSR count). The maximum Gasteiger partial charge on any atom is 0.315 e. The van der Waals surface area contributed by atoms with Crippen molar-refractivity contribution >= 4 is 40.3 Å². The normalized spacial score (nSPS) is 37.6. The van der Waals surface area contributed by atoms with E-state index in [9.17, 15) is 14.4 Å². The highest BCUT2D eigenvalue weighted by molar-refractivity contribution is 8.00. The second-order valence-corrected chi connectivity index (χ2v) is 17.5. The Balaban J connectivity index is 0.799. The number of rotatable bonds is 10. The van der Waals surface area contributed by atoms with Crippen LogP contribution in [0.15, 0.2) is 72.1 Å². The van der Waals surface area contributed by atoms with Crippen LogP contribution in [0.2, 0.25) is 0 Å². The van der Waals surface area contributed by atoms with Gasteiger partial charge in [0.05, 0.1) is 29.3 Å². The summed E-state index contributed by atoms with van der Waals surface area (Å²) in [6.45, 7) is 2.50. The molecule has 9 heteroatoms. The minimum Gasteiger partial charge on any atom is -0.359 e. The van der Waals surface area contributed by atoms with Gasteiger partial charge in [0.25, 0.3) is 0 Å². The molecule has 4 fully saturated rings. The molecule has 262 valence electrons. The zero-order valence-electron chi connectivity index (χ0n) is 28.9. The molecular weight excluding hydrogens is 645 g/mol. The fraction of sp³-hybridized carbons (Fsp3) is 0.561. The van der Waals surface area contributed by atoms with Crippen LogP contribution in [0, 0.1) is 11.3 Å². The number of allylic oxidation sites excluding steroid dienone is 1. The highest BCUT2D eigenvalue weighted by Crippen LogP contribution is 2.69. The number of amides is 3. The van der Waals surface area contributed by atoms with Gasteiger partial charge < -0.3 is 20.7 Å². The summed E-state index contributed by atoms with van der Waals surface area (Å²) in [5, 5.41) is 12.1. The first-order valence-electron chi connectivity index (χ1n) is 18.9. The molecule has 3 N–H and O–H groups in total. The van der Waals surface area contributed by atoms with Crippen molar-refractivity contribution in [2.75, 3.05) is 5.75 Å². The molecule has 1 aromatic heterocycles. The van der Waals surface area contributed by atoms with Gasteiger partial charge in [0, 0.05) is 54.5 Å². The average molecular weight is 693 g/mol. The number of benzene rings is 1. The largest absolute Gasteiger partial charge is 0.359 e. The van der Waals surface area contributed by atoms with Crippen molar-refractivity contribution in [2.24, 2.45) is 11.3 Å². The van der Waals surface area contributed by atoms with Crippen molar-refractivity contribution in [1.82, 2.24) is 20.9 Å². The lowest BCUT2D eigenvalue weighted by Crippen LogP contribution is -2.54. The van der Waals surface area contributed by atoms with Crippen LogP contribution in [0.5, 0.6) is 0 Å². The molecular formula is C41H48N4O4S. The third-order valence-corrected chi connectivity index (χ3v) is 15.0. The molecule has 2 aromatic rings. The summed E-state index contributed by atoms with van der Waals surface area (Å²) in [6, 6.07) is 9.31. The zero-order chi connectivity index (χ0) is 34.1. The van der Waals surface area contributed by atoms with E-state index in [4.69, 9.17) is 4.74 Å². The van der Waals surface area contributed by atoms with Crippen molar-refractivity contribution in [3.05, 3.63) is 77.7 Å². The number of hydrogen-bond acceptors (Lipinski definition) is 6. The molecule has 1 saturated carbocycles. The standard InChI is InChI=1S/C41H48N4O4S/c1-39-16-14-29-21-28-8-9-30(43-36(47)13-10-31(46)4-2-3-5-34-37-33(24-50-34)44-38(48)45-37)22-40(28)17-18-41(29,49-40)35(39)12-11-32(39)26-7-6-25-15-19-42-23-27(25)20-26/h6-9,14-15,19-21,23,30,32-35,37H,2-5,10-13,16-18,22,24H2,1H3,(H,43,47)(H2,44,45,48)/t30-,32-,33+,34+,35-,37+,39-,40-,41-/m1/s1. The van der Waals surface area contributed by atoms with Crippen molar-refractivity contribution in [3.8, 4) is 0 Å². The lowest BCUT2D eigenvalue weighted by Gasteiger charge is -2.53. The van der Waals surface area contributed by atoms with Crippen LogP contribution in [-0.2, 0) is 14.3 Å². The first-order chi connectivity index (χ1) is 24.2. The van der Waals surface area contributed by atoms with E-state index in [0.29, 0.717) is 23.5 Å². The minimum absolute atomic E-state index is 0.0609. The van der Waals surface area contributed by atoms with E-state index in [2.05, 4.69) is 76.4 Å². The smallest absolute Gasteiger partial charge is 0.315 e. The molecule has 8 nitrogen and oxygen atoms in total. The van der Waals surface area contributed by atoms with Gasteiger partial charge in [-0.15, -0.1) is 0 Å². The fourth-order valence-corrected chi connectivity index (χ4v) is 12.5. The number of nitrogens with zero attached hydrogens (tertiary/aromatic N) is 1. The molecule has 3 aliphatic carbocycles. The third kappa shape index (κ3) is 5.37. The zero-order valence-corrected chi connectivity index (χ0v) is 29.7. The second-order valence-electron chi connectivity index (χ2n) is 16.3. The molecule has 0 unspecified atom stereocenters. The van der Waals surface area contributed by atoms with E-state index in [1.54, 1.807) is 0 Å². The van der Waals surface area contributed by atoms with Gasteiger partial charge in [-0.25, -0.2) is 4.79 Å². The van der Waals surface area contributed by atoms with Crippen molar-refractivity contribution in [2.45, 2.75) is 124 Å². The number of fused-ring (bicyclic) bond motifs is 3. The molecule has 50 heavy (non-hydrogen) atoms. The van der Waals surface area contributed by atoms with E-state index in [0.717, 1.165) is 63.5 Å². The van der Waals surface area contributed by atoms with Gasteiger partial charge in [-0.2, -0.15) is 11.8 Å². The highest BCUT2D eigenvalue weighted by Gasteiger charge is 2.66. The summed E-state index contributed by atoms with van der Waals surface area (Å²) >= 11 is 1.91. The number of ether oxygens (including phenoxy) is 1. The van der Waals surface area contributed by atoms with Gasteiger partial charge in [0.1, 0.15) is 5.78 Å². The third-order valence-electron chi connectivity index (χ3n) is 13.5.